The molecule has 0 radical (unpaired) electrons. The number of carboxylic acids is 1. The van der Waals surface area contributed by atoms with Crippen LogP contribution in [0.15, 0.2) is 36.1 Å². The first-order valence-electron chi connectivity index (χ1n) is 11.6. The Morgan fingerprint density at radius 3 is 2.63 bits per heavy atom. The highest BCUT2D eigenvalue weighted by molar-refractivity contribution is 5.93. The Balaban J connectivity index is 1.65. The second-order valence-corrected chi connectivity index (χ2v) is 9.66. The summed E-state index contributed by atoms with van der Waals surface area (Å²) >= 11 is 0. The topological polar surface area (TPSA) is 101 Å². The van der Waals surface area contributed by atoms with Crippen molar-refractivity contribution in [3.05, 3.63) is 47.6 Å². The van der Waals surface area contributed by atoms with Crippen molar-refractivity contribution in [2.45, 2.75) is 58.2 Å². The largest absolute Gasteiger partial charge is 0.481 e. The van der Waals surface area contributed by atoms with E-state index in [0.29, 0.717) is 18.4 Å². The molecule has 0 aromatic carbocycles. The zero-order chi connectivity index (χ0) is 25.4. The summed E-state index contributed by atoms with van der Waals surface area (Å²) in [4.78, 5) is 34.1. The number of hydrogen-bond donors (Lipinski definition) is 1. The van der Waals surface area contributed by atoms with E-state index in [9.17, 15) is 23.5 Å². The van der Waals surface area contributed by atoms with E-state index in [1.165, 1.54) is 29.5 Å². The molecule has 35 heavy (non-hydrogen) atoms. The molecule has 0 saturated heterocycles. The van der Waals surface area contributed by atoms with Gasteiger partial charge in [0.05, 0.1) is 18.2 Å². The molecular formula is C25H29F2N5O3. The average Bonchev–Trinajstić information content (AvgIpc) is 3.44. The maximum Gasteiger partial charge on any atom is 0.311 e. The van der Waals surface area contributed by atoms with Crippen LogP contribution in [0.2, 0.25) is 0 Å². The first-order chi connectivity index (χ1) is 16.5. The predicted octanol–water partition coefficient (Wildman–Crippen LogP) is 4.38. The number of Topliss-reactive ketones (excluding diaryl/α,β-unsaturated/α-hetero) is 1. The molecule has 2 heterocycles. The van der Waals surface area contributed by atoms with Crippen LogP contribution < -0.4 is 4.90 Å². The van der Waals surface area contributed by atoms with Gasteiger partial charge in [-0.05, 0) is 31.4 Å². The van der Waals surface area contributed by atoms with E-state index in [-0.39, 0.29) is 48.3 Å². The van der Waals surface area contributed by atoms with E-state index in [2.05, 4.69) is 15.1 Å². The van der Waals surface area contributed by atoms with E-state index in [4.69, 9.17) is 0 Å². The third-order valence-corrected chi connectivity index (χ3v) is 6.94. The van der Waals surface area contributed by atoms with Crippen molar-refractivity contribution in [3.63, 3.8) is 0 Å². The van der Waals surface area contributed by atoms with Crippen LogP contribution in [0.5, 0.6) is 0 Å². The van der Waals surface area contributed by atoms with Crippen LogP contribution in [-0.4, -0.2) is 55.9 Å². The second-order valence-electron chi connectivity index (χ2n) is 9.66. The number of carbonyl (C=O) groups is 2. The summed E-state index contributed by atoms with van der Waals surface area (Å²) in [5.41, 5.74) is -1.53. The monoisotopic (exact) mass is 485 g/mol. The third kappa shape index (κ3) is 4.87. The predicted molar refractivity (Wildman–Crippen MR) is 126 cm³/mol. The number of carbonyl (C=O) groups excluding carboxylic acids is 1. The van der Waals surface area contributed by atoms with Crippen LogP contribution >= 0.6 is 0 Å². The first-order valence-corrected chi connectivity index (χ1v) is 11.6. The van der Waals surface area contributed by atoms with Gasteiger partial charge in [0.1, 0.15) is 17.1 Å². The van der Waals surface area contributed by atoms with Gasteiger partial charge in [-0.15, -0.1) is 0 Å². The second kappa shape index (κ2) is 9.31. The number of carboxylic acid groups (broad SMARTS) is 1. The highest BCUT2D eigenvalue weighted by Crippen LogP contribution is 2.40. The van der Waals surface area contributed by atoms with Gasteiger partial charge < -0.3 is 10.0 Å². The molecule has 4 rings (SSSR count). The summed E-state index contributed by atoms with van der Waals surface area (Å²) in [6.07, 6.45) is 9.11. The molecule has 0 aliphatic heterocycles. The standard InChI is InChI=1S/C25H29F2N5O3/c1-16(33)20-12-19(30-32(20)14-17-8-4-5-9-24(17,2)27)21-28-13-18(26)22(29-21)31(3)15-25(23(34)35)10-6-7-11-25/h4-5,8,12-13H,6-7,9-11,14-15H2,1-3H3,(H,34,35). The van der Waals surface area contributed by atoms with Crippen LogP contribution in [-0.2, 0) is 11.3 Å². The minimum Gasteiger partial charge on any atom is -0.481 e. The van der Waals surface area contributed by atoms with Gasteiger partial charge in [-0.1, -0.05) is 31.1 Å². The Morgan fingerprint density at radius 1 is 1.29 bits per heavy atom. The van der Waals surface area contributed by atoms with Gasteiger partial charge in [0.25, 0.3) is 0 Å². The fourth-order valence-corrected chi connectivity index (χ4v) is 4.86. The van der Waals surface area contributed by atoms with Crippen molar-refractivity contribution in [1.82, 2.24) is 19.7 Å². The fourth-order valence-electron chi connectivity index (χ4n) is 4.86. The lowest BCUT2D eigenvalue weighted by Crippen LogP contribution is -2.40. The van der Waals surface area contributed by atoms with Crippen molar-refractivity contribution >= 4 is 17.6 Å². The van der Waals surface area contributed by atoms with E-state index >= 15 is 0 Å². The summed E-state index contributed by atoms with van der Waals surface area (Å²) < 4.78 is 31.1. The Labute approximate surface area is 202 Å². The van der Waals surface area contributed by atoms with Crippen LogP contribution in [0.4, 0.5) is 14.6 Å². The van der Waals surface area contributed by atoms with Crippen molar-refractivity contribution in [3.8, 4) is 11.5 Å². The van der Waals surface area contributed by atoms with Gasteiger partial charge in [0, 0.05) is 26.9 Å². The maximum atomic E-state index is 15.0. The van der Waals surface area contributed by atoms with Crippen molar-refractivity contribution < 1.29 is 23.5 Å². The molecule has 10 heteroatoms. The molecule has 1 N–H and O–H groups in total. The van der Waals surface area contributed by atoms with Gasteiger partial charge in [0.2, 0.25) is 0 Å². The summed E-state index contributed by atoms with van der Waals surface area (Å²) in [5.74, 6) is -1.80. The van der Waals surface area contributed by atoms with E-state index in [1.54, 1.807) is 25.3 Å². The quantitative estimate of drug-likeness (QED) is 0.554. The Kier molecular flexibility index (Phi) is 6.57. The molecule has 1 saturated carbocycles. The normalized spacial score (nSPS) is 21.1. The number of nitrogens with zero attached hydrogens (tertiary/aromatic N) is 5. The number of aliphatic carboxylic acids is 1. The van der Waals surface area contributed by atoms with Crippen molar-refractivity contribution in [2.24, 2.45) is 5.41 Å². The van der Waals surface area contributed by atoms with Crippen LogP contribution in [0.25, 0.3) is 11.5 Å². The molecule has 1 fully saturated rings. The zero-order valence-corrected chi connectivity index (χ0v) is 20.1. The zero-order valence-electron chi connectivity index (χ0n) is 20.1. The molecule has 1 unspecified atom stereocenters. The number of hydrogen-bond acceptors (Lipinski definition) is 6. The number of ketones is 1. The minimum atomic E-state index is -1.56. The van der Waals surface area contributed by atoms with Gasteiger partial charge in [-0.2, -0.15) is 5.10 Å². The summed E-state index contributed by atoms with van der Waals surface area (Å²) in [6, 6.07) is 1.50. The number of halogens is 2. The summed E-state index contributed by atoms with van der Waals surface area (Å²) in [7, 11) is 1.60. The molecule has 2 aliphatic carbocycles. The van der Waals surface area contributed by atoms with E-state index in [0.717, 1.165) is 19.0 Å². The van der Waals surface area contributed by atoms with Crippen molar-refractivity contribution in [2.75, 3.05) is 18.5 Å². The Morgan fingerprint density at radius 2 is 2.00 bits per heavy atom. The number of anilines is 1. The molecule has 0 bridgehead atoms. The molecule has 8 nitrogen and oxygen atoms in total. The van der Waals surface area contributed by atoms with Crippen molar-refractivity contribution in [1.29, 1.82) is 0 Å². The smallest absolute Gasteiger partial charge is 0.311 e. The number of rotatable bonds is 8. The molecule has 0 amide bonds. The highest BCUT2D eigenvalue weighted by Gasteiger charge is 2.42. The maximum absolute atomic E-state index is 15.0. The molecule has 0 spiro atoms. The Bertz CT molecular complexity index is 1210. The average molecular weight is 486 g/mol. The Hall–Kier alpha value is -3.43. The van der Waals surface area contributed by atoms with Gasteiger partial charge in [-0.3, -0.25) is 14.3 Å². The lowest BCUT2D eigenvalue weighted by Gasteiger charge is -2.30. The van der Waals surface area contributed by atoms with Crippen LogP contribution in [0.1, 0.15) is 56.4 Å². The number of allylic oxidation sites excluding steroid dienone is 4. The van der Waals surface area contributed by atoms with Crippen LogP contribution in [0.3, 0.4) is 0 Å². The molecule has 2 aliphatic rings. The highest BCUT2D eigenvalue weighted by atomic mass is 19.1. The third-order valence-electron chi connectivity index (χ3n) is 6.94. The molecule has 1 atom stereocenters. The molecule has 2 aromatic rings. The van der Waals surface area contributed by atoms with Gasteiger partial charge in [-0.25, -0.2) is 18.7 Å². The number of aromatic nitrogens is 4. The number of alkyl halides is 1. The molecule has 2 aromatic heterocycles. The van der Waals surface area contributed by atoms with E-state index in [1.807, 2.05) is 0 Å². The lowest BCUT2D eigenvalue weighted by atomic mass is 9.86. The fraction of sp³-hybridized carbons (Fsp3) is 0.480. The minimum absolute atomic E-state index is 0.0436. The molecular weight excluding hydrogens is 456 g/mol. The SMILES string of the molecule is CC(=O)c1cc(-c2ncc(F)c(N(C)CC3(C(=O)O)CCCC3)n2)nn1CC1=CC=CCC1(C)F. The first kappa shape index (κ1) is 24.7. The van der Waals surface area contributed by atoms with E-state index < -0.39 is 22.9 Å². The van der Waals surface area contributed by atoms with Crippen LogP contribution in [0, 0.1) is 11.2 Å². The lowest BCUT2D eigenvalue weighted by molar-refractivity contribution is -0.148. The summed E-state index contributed by atoms with van der Waals surface area (Å²) in [6.45, 7) is 3.05. The van der Waals surface area contributed by atoms with Gasteiger partial charge >= 0.3 is 5.97 Å². The molecule has 186 valence electrons. The summed E-state index contributed by atoms with van der Waals surface area (Å²) in [5, 5.41) is 14.2. The van der Waals surface area contributed by atoms with Gasteiger partial charge in [0.15, 0.2) is 23.2 Å².